The summed E-state index contributed by atoms with van der Waals surface area (Å²) >= 11 is 5.84. The Morgan fingerprint density at radius 1 is 1.09 bits per heavy atom. The van der Waals surface area contributed by atoms with Gasteiger partial charge in [0.15, 0.2) is 0 Å². The highest BCUT2D eigenvalue weighted by atomic mass is 35.5. The fraction of sp³-hybridized carbons (Fsp3) is 0.571. The molecule has 4 rings (SSSR count). The average Bonchev–Trinajstić information content (AvgIpc) is 3.00. The van der Waals surface area contributed by atoms with Gasteiger partial charge in [0.25, 0.3) is 5.91 Å². The minimum Gasteiger partial charge on any atom is -0.338 e. The van der Waals surface area contributed by atoms with Crippen LogP contribution in [0, 0.1) is 5.92 Å². The number of amides is 4. The summed E-state index contributed by atoms with van der Waals surface area (Å²) in [7, 11) is -3.68. The molecule has 0 atom stereocenters. The molecule has 0 radical (unpaired) electrons. The first-order valence-electron chi connectivity index (χ1n) is 10.8. The standard InChI is InChI=1S/C21H27ClN4O5S/c1-15-6-8-21(9-7-15)19(28)26(20(29)23-21)14-18(27)24-10-12-25(13-11-24)32(30,31)17-4-2-16(22)3-5-17/h2-5,15H,6-14H2,1H3,(H,23,29). The second kappa shape index (κ2) is 8.64. The van der Waals surface area contributed by atoms with Crippen LogP contribution in [-0.4, -0.2) is 78.6 Å². The van der Waals surface area contributed by atoms with Crippen molar-refractivity contribution in [3.8, 4) is 0 Å². The predicted octanol–water partition coefficient (Wildman–Crippen LogP) is 1.67. The number of carbonyl (C=O) groups excluding carboxylic acids is 3. The van der Waals surface area contributed by atoms with E-state index in [0.29, 0.717) is 23.8 Å². The Hall–Kier alpha value is -2.17. The number of halogens is 1. The first-order chi connectivity index (χ1) is 15.1. The smallest absolute Gasteiger partial charge is 0.325 e. The lowest BCUT2D eigenvalue weighted by atomic mass is 9.77. The molecule has 32 heavy (non-hydrogen) atoms. The van der Waals surface area contributed by atoms with Crippen LogP contribution in [0.5, 0.6) is 0 Å². The zero-order valence-electron chi connectivity index (χ0n) is 17.9. The minimum absolute atomic E-state index is 0.138. The molecule has 1 saturated carbocycles. The molecule has 2 saturated heterocycles. The van der Waals surface area contributed by atoms with Crippen LogP contribution in [0.25, 0.3) is 0 Å². The number of benzene rings is 1. The first kappa shape index (κ1) is 23.0. The lowest BCUT2D eigenvalue weighted by Crippen LogP contribution is -2.53. The lowest BCUT2D eigenvalue weighted by Gasteiger charge is -2.35. The first-order valence-corrected chi connectivity index (χ1v) is 12.6. The van der Waals surface area contributed by atoms with Gasteiger partial charge in [-0.15, -0.1) is 0 Å². The molecule has 4 amide bonds. The molecule has 2 heterocycles. The Balaban J connectivity index is 1.35. The summed E-state index contributed by atoms with van der Waals surface area (Å²) in [5.74, 6) is -0.175. The van der Waals surface area contributed by atoms with Gasteiger partial charge in [0, 0.05) is 31.2 Å². The van der Waals surface area contributed by atoms with Crippen LogP contribution in [0.4, 0.5) is 4.79 Å². The van der Waals surface area contributed by atoms with E-state index in [1.54, 1.807) is 0 Å². The number of nitrogens with one attached hydrogen (secondary N) is 1. The molecule has 3 fully saturated rings. The third kappa shape index (κ3) is 4.23. The van der Waals surface area contributed by atoms with Crippen LogP contribution in [0.15, 0.2) is 29.2 Å². The Labute approximate surface area is 192 Å². The summed E-state index contributed by atoms with van der Waals surface area (Å²) in [4.78, 5) is 40.9. The van der Waals surface area contributed by atoms with Crippen LogP contribution in [0.2, 0.25) is 5.02 Å². The van der Waals surface area contributed by atoms with E-state index in [4.69, 9.17) is 11.6 Å². The van der Waals surface area contributed by atoms with Crippen molar-refractivity contribution in [3.05, 3.63) is 29.3 Å². The van der Waals surface area contributed by atoms with Gasteiger partial charge in [0.05, 0.1) is 4.90 Å². The van der Waals surface area contributed by atoms with Crippen LogP contribution in [-0.2, 0) is 19.6 Å². The van der Waals surface area contributed by atoms with E-state index in [1.165, 1.54) is 33.5 Å². The van der Waals surface area contributed by atoms with Crippen molar-refractivity contribution in [2.75, 3.05) is 32.7 Å². The van der Waals surface area contributed by atoms with E-state index in [0.717, 1.165) is 17.7 Å². The molecular weight excluding hydrogens is 456 g/mol. The van der Waals surface area contributed by atoms with Crippen molar-refractivity contribution in [1.29, 1.82) is 0 Å². The van der Waals surface area contributed by atoms with Crippen LogP contribution >= 0.6 is 11.6 Å². The van der Waals surface area contributed by atoms with E-state index < -0.39 is 21.6 Å². The zero-order chi connectivity index (χ0) is 23.1. The van der Waals surface area contributed by atoms with Crippen molar-refractivity contribution in [3.63, 3.8) is 0 Å². The van der Waals surface area contributed by atoms with Gasteiger partial charge >= 0.3 is 6.03 Å². The van der Waals surface area contributed by atoms with Gasteiger partial charge in [-0.3, -0.25) is 14.5 Å². The van der Waals surface area contributed by atoms with Crippen LogP contribution < -0.4 is 5.32 Å². The van der Waals surface area contributed by atoms with Crippen LogP contribution in [0.1, 0.15) is 32.6 Å². The summed E-state index contributed by atoms with van der Waals surface area (Å²) in [5.41, 5.74) is -0.880. The van der Waals surface area contributed by atoms with Gasteiger partial charge in [-0.05, 0) is 55.9 Å². The van der Waals surface area contributed by atoms with E-state index in [9.17, 15) is 22.8 Å². The molecule has 1 aromatic rings. The van der Waals surface area contributed by atoms with Crippen molar-refractivity contribution in [1.82, 2.24) is 19.4 Å². The van der Waals surface area contributed by atoms with Gasteiger partial charge in [0.2, 0.25) is 15.9 Å². The van der Waals surface area contributed by atoms with Gasteiger partial charge in [-0.2, -0.15) is 4.31 Å². The molecule has 1 N–H and O–H groups in total. The Bertz CT molecular complexity index is 1010. The molecule has 11 heteroatoms. The third-order valence-electron chi connectivity index (χ3n) is 6.71. The molecular formula is C21H27ClN4O5S. The number of hydrogen-bond acceptors (Lipinski definition) is 5. The SMILES string of the molecule is CC1CCC2(CC1)NC(=O)N(CC(=O)N1CCN(S(=O)(=O)c3ccc(Cl)cc3)CC1)C2=O. The molecule has 0 unspecified atom stereocenters. The number of imide groups is 1. The van der Waals surface area contributed by atoms with Crippen LogP contribution in [0.3, 0.4) is 0 Å². The van der Waals surface area contributed by atoms with E-state index >= 15 is 0 Å². The van der Waals surface area contributed by atoms with Crippen molar-refractivity contribution < 1.29 is 22.8 Å². The normalized spacial score (nSPS) is 27.1. The summed E-state index contributed by atoms with van der Waals surface area (Å²) in [6.07, 6.45) is 2.89. The number of hydrogen-bond donors (Lipinski definition) is 1. The summed E-state index contributed by atoms with van der Waals surface area (Å²) < 4.78 is 26.9. The number of rotatable bonds is 4. The number of sulfonamides is 1. The Kier molecular flexibility index (Phi) is 6.21. The maximum atomic E-state index is 13.0. The highest BCUT2D eigenvalue weighted by molar-refractivity contribution is 7.89. The van der Waals surface area contributed by atoms with E-state index in [1.807, 2.05) is 0 Å². The molecule has 1 aliphatic carbocycles. The summed E-state index contributed by atoms with van der Waals surface area (Å²) in [6.45, 7) is 2.46. The summed E-state index contributed by atoms with van der Waals surface area (Å²) in [5, 5.41) is 3.27. The topological polar surface area (TPSA) is 107 Å². The maximum absolute atomic E-state index is 13.0. The third-order valence-corrected chi connectivity index (χ3v) is 8.87. The number of carbonyl (C=O) groups is 3. The number of nitrogens with zero attached hydrogens (tertiary/aromatic N) is 3. The number of piperazine rings is 1. The minimum atomic E-state index is -3.68. The van der Waals surface area contributed by atoms with Crippen molar-refractivity contribution in [2.45, 2.75) is 43.0 Å². The van der Waals surface area contributed by atoms with Gasteiger partial charge in [0.1, 0.15) is 12.1 Å². The molecule has 3 aliphatic rings. The molecule has 1 spiro atoms. The highest BCUT2D eigenvalue weighted by Crippen LogP contribution is 2.36. The lowest BCUT2D eigenvalue weighted by molar-refractivity contribution is -0.140. The number of urea groups is 1. The van der Waals surface area contributed by atoms with Crippen molar-refractivity contribution >= 4 is 39.5 Å². The zero-order valence-corrected chi connectivity index (χ0v) is 19.5. The average molecular weight is 483 g/mol. The quantitative estimate of drug-likeness (QED) is 0.657. The Morgan fingerprint density at radius 3 is 2.28 bits per heavy atom. The fourth-order valence-electron chi connectivity index (χ4n) is 4.58. The summed E-state index contributed by atoms with van der Waals surface area (Å²) in [6, 6.07) is 5.42. The van der Waals surface area contributed by atoms with Crippen molar-refractivity contribution in [2.24, 2.45) is 5.92 Å². The molecule has 174 valence electrons. The molecule has 0 bridgehead atoms. The van der Waals surface area contributed by atoms with Gasteiger partial charge in [-0.25, -0.2) is 13.2 Å². The molecule has 1 aromatic carbocycles. The highest BCUT2D eigenvalue weighted by Gasteiger charge is 2.52. The van der Waals surface area contributed by atoms with E-state index in [2.05, 4.69) is 12.2 Å². The maximum Gasteiger partial charge on any atom is 0.325 e. The molecule has 2 aliphatic heterocycles. The second-order valence-electron chi connectivity index (χ2n) is 8.82. The predicted molar refractivity (Wildman–Crippen MR) is 117 cm³/mol. The van der Waals surface area contributed by atoms with Gasteiger partial charge in [-0.1, -0.05) is 18.5 Å². The largest absolute Gasteiger partial charge is 0.338 e. The fourth-order valence-corrected chi connectivity index (χ4v) is 6.13. The molecule has 9 nitrogen and oxygen atoms in total. The van der Waals surface area contributed by atoms with E-state index in [-0.39, 0.29) is 49.4 Å². The van der Waals surface area contributed by atoms with Gasteiger partial charge < -0.3 is 10.2 Å². The second-order valence-corrected chi connectivity index (χ2v) is 11.2. The molecule has 0 aromatic heterocycles. The monoisotopic (exact) mass is 482 g/mol. The Morgan fingerprint density at radius 2 is 1.69 bits per heavy atom.